The van der Waals surface area contributed by atoms with Crippen molar-refractivity contribution in [3.8, 4) is 5.69 Å². The SMILES string of the molecule is O=C(NCc1nnnn1-c1cccc(F)c1)c1ccc(Cl)c([N+](=O)[O-])c1. The van der Waals surface area contributed by atoms with Crippen molar-refractivity contribution in [3.05, 3.63) is 74.8 Å². The van der Waals surface area contributed by atoms with E-state index in [4.69, 9.17) is 11.6 Å². The third-order valence-corrected chi connectivity index (χ3v) is 3.72. The van der Waals surface area contributed by atoms with E-state index in [-0.39, 0.29) is 28.6 Å². The Morgan fingerprint density at radius 3 is 2.85 bits per heavy atom. The second kappa shape index (κ2) is 7.23. The van der Waals surface area contributed by atoms with Gasteiger partial charge in [0.15, 0.2) is 5.82 Å². The number of nitrogens with one attached hydrogen (secondary N) is 1. The molecule has 0 radical (unpaired) electrons. The predicted octanol–water partition coefficient (Wildman–Crippen LogP) is 2.29. The molecule has 0 aliphatic heterocycles. The zero-order valence-corrected chi connectivity index (χ0v) is 13.7. The number of nitro groups is 1. The first-order chi connectivity index (χ1) is 12.5. The number of carbonyl (C=O) groups excluding carboxylic acids is 1. The number of halogens is 2. The van der Waals surface area contributed by atoms with E-state index in [9.17, 15) is 19.3 Å². The number of hydrogen-bond donors (Lipinski definition) is 1. The van der Waals surface area contributed by atoms with Gasteiger partial charge in [-0.3, -0.25) is 14.9 Å². The van der Waals surface area contributed by atoms with E-state index in [1.165, 1.54) is 35.0 Å². The molecule has 1 amide bonds. The number of carbonyl (C=O) groups is 1. The molecule has 0 saturated heterocycles. The minimum atomic E-state index is -0.677. The summed E-state index contributed by atoms with van der Waals surface area (Å²) in [6, 6.07) is 9.33. The molecule has 1 N–H and O–H groups in total. The fraction of sp³-hybridized carbons (Fsp3) is 0.0667. The van der Waals surface area contributed by atoms with Crippen molar-refractivity contribution in [2.24, 2.45) is 0 Å². The Balaban J connectivity index is 1.76. The maximum absolute atomic E-state index is 13.3. The summed E-state index contributed by atoms with van der Waals surface area (Å²) >= 11 is 5.72. The van der Waals surface area contributed by atoms with E-state index in [1.54, 1.807) is 6.07 Å². The predicted molar refractivity (Wildman–Crippen MR) is 88.4 cm³/mol. The summed E-state index contributed by atoms with van der Waals surface area (Å²) in [5.74, 6) is -0.771. The van der Waals surface area contributed by atoms with Crippen LogP contribution in [-0.4, -0.2) is 31.0 Å². The van der Waals surface area contributed by atoms with Crippen LogP contribution in [0.4, 0.5) is 10.1 Å². The number of amides is 1. The van der Waals surface area contributed by atoms with E-state index in [0.29, 0.717) is 5.69 Å². The molecule has 1 heterocycles. The standard InChI is InChI=1S/C15H10ClFN6O3/c16-12-5-4-9(6-13(12)23(25)26)15(24)18-8-14-19-20-21-22(14)11-3-1-2-10(17)7-11/h1-7H,8H2,(H,18,24). The molecule has 0 bridgehead atoms. The van der Waals surface area contributed by atoms with Crippen molar-refractivity contribution in [3.63, 3.8) is 0 Å². The third-order valence-electron chi connectivity index (χ3n) is 3.40. The van der Waals surface area contributed by atoms with Gasteiger partial charge in [-0.15, -0.1) is 5.10 Å². The van der Waals surface area contributed by atoms with Crippen LogP contribution in [0.25, 0.3) is 5.69 Å². The summed E-state index contributed by atoms with van der Waals surface area (Å²) in [7, 11) is 0. The van der Waals surface area contributed by atoms with Crippen LogP contribution in [-0.2, 0) is 6.54 Å². The lowest BCUT2D eigenvalue weighted by atomic mass is 10.2. The topological polar surface area (TPSA) is 116 Å². The van der Waals surface area contributed by atoms with Gasteiger partial charge in [-0.05, 0) is 40.8 Å². The molecule has 11 heteroatoms. The molecule has 2 aromatic carbocycles. The quantitative estimate of drug-likeness (QED) is 0.539. The van der Waals surface area contributed by atoms with Crippen molar-refractivity contribution in [2.45, 2.75) is 6.54 Å². The van der Waals surface area contributed by atoms with Crippen LogP contribution < -0.4 is 5.32 Å². The van der Waals surface area contributed by atoms with Crippen molar-refractivity contribution in [1.29, 1.82) is 0 Å². The van der Waals surface area contributed by atoms with E-state index in [2.05, 4.69) is 20.8 Å². The van der Waals surface area contributed by atoms with Crippen molar-refractivity contribution < 1.29 is 14.1 Å². The highest BCUT2D eigenvalue weighted by Gasteiger charge is 2.17. The molecule has 0 atom stereocenters. The molecule has 0 saturated carbocycles. The number of tetrazole rings is 1. The van der Waals surface area contributed by atoms with Gasteiger partial charge in [-0.2, -0.15) is 4.68 Å². The number of nitro benzene ring substituents is 1. The summed E-state index contributed by atoms with van der Waals surface area (Å²) in [4.78, 5) is 22.4. The molecular formula is C15H10ClFN6O3. The molecule has 3 aromatic rings. The number of nitrogens with zero attached hydrogens (tertiary/aromatic N) is 5. The largest absolute Gasteiger partial charge is 0.345 e. The summed E-state index contributed by atoms with van der Waals surface area (Å²) in [6.45, 7) is -0.0707. The first kappa shape index (κ1) is 17.4. The van der Waals surface area contributed by atoms with Crippen LogP contribution in [0.5, 0.6) is 0 Å². The Morgan fingerprint density at radius 2 is 2.12 bits per heavy atom. The molecule has 9 nitrogen and oxygen atoms in total. The fourth-order valence-electron chi connectivity index (χ4n) is 2.18. The number of rotatable bonds is 5. The van der Waals surface area contributed by atoms with Gasteiger partial charge in [-0.25, -0.2) is 4.39 Å². The van der Waals surface area contributed by atoms with Crippen LogP contribution in [0.2, 0.25) is 5.02 Å². The van der Waals surface area contributed by atoms with Crippen molar-refractivity contribution in [2.75, 3.05) is 0 Å². The van der Waals surface area contributed by atoms with E-state index in [1.807, 2.05) is 0 Å². The Hall–Kier alpha value is -3.40. The lowest BCUT2D eigenvalue weighted by Gasteiger charge is -2.07. The van der Waals surface area contributed by atoms with Crippen LogP contribution in [0.1, 0.15) is 16.2 Å². The third kappa shape index (κ3) is 3.64. The molecule has 1 aromatic heterocycles. The lowest BCUT2D eigenvalue weighted by molar-refractivity contribution is -0.384. The highest BCUT2D eigenvalue weighted by molar-refractivity contribution is 6.32. The van der Waals surface area contributed by atoms with Crippen LogP contribution in [0.3, 0.4) is 0 Å². The van der Waals surface area contributed by atoms with E-state index in [0.717, 1.165) is 6.07 Å². The molecule has 132 valence electrons. The smallest absolute Gasteiger partial charge is 0.288 e. The van der Waals surface area contributed by atoms with Gasteiger partial charge in [0.1, 0.15) is 10.8 Å². The van der Waals surface area contributed by atoms with Crippen LogP contribution in [0.15, 0.2) is 42.5 Å². The molecule has 0 spiro atoms. The summed E-state index contributed by atoms with van der Waals surface area (Å²) < 4.78 is 14.6. The Bertz CT molecular complexity index is 993. The monoisotopic (exact) mass is 376 g/mol. The number of benzene rings is 2. The number of aromatic nitrogens is 4. The Labute approximate surface area is 150 Å². The Morgan fingerprint density at radius 1 is 1.31 bits per heavy atom. The van der Waals surface area contributed by atoms with Gasteiger partial charge < -0.3 is 5.32 Å². The second-order valence-corrected chi connectivity index (χ2v) is 5.50. The average Bonchev–Trinajstić information content (AvgIpc) is 3.08. The second-order valence-electron chi connectivity index (χ2n) is 5.09. The van der Waals surface area contributed by atoms with E-state index >= 15 is 0 Å². The fourth-order valence-corrected chi connectivity index (χ4v) is 2.37. The van der Waals surface area contributed by atoms with Crippen molar-refractivity contribution in [1.82, 2.24) is 25.5 Å². The van der Waals surface area contributed by atoms with Gasteiger partial charge in [0.05, 0.1) is 17.2 Å². The van der Waals surface area contributed by atoms with Gasteiger partial charge in [0.2, 0.25) is 0 Å². The number of hydrogen-bond acceptors (Lipinski definition) is 6. The molecule has 3 rings (SSSR count). The molecule has 0 unspecified atom stereocenters. The highest BCUT2D eigenvalue weighted by atomic mass is 35.5. The maximum atomic E-state index is 13.3. The van der Waals surface area contributed by atoms with Crippen molar-refractivity contribution >= 4 is 23.2 Å². The van der Waals surface area contributed by atoms with Gasteiger partial charge in [0.25, 0.3) is 11.6 Å². The highest BCUT2D eigenvalue weighted by Crippen LogP contribution is 2.25. The van der Waals surface area contributed by atoms with Gasteiger partial charge in [0, 0.05) is 11.6 Å². The molecule has 0 aliphatic rings. The van der Waals surface area contributed by atoms with E-state index < -0.39 is 16.6 Å². The molecule has 0 aliphatic carbocycles. The minimum Gasteiger partial charge on any atom is -0.345 e. The molecular weight excluding hydrogens is 367 g/mol. The average molecular weight is 377 g/mol. The zero-order valence-electron chi connectivity index (χ0n) is 13.0. The molecule has 0 fully saturated rings. The normalized spacial score (nSPS) is 10.5. The van der Waals surface area contributed by atoms with Crippen LogP contribution in [0, 0.1) is 15.9 Å². The first-order valence-electron chi connectivity index (χ1n) is 7.21. The summed E-state index contributed by atoms with van der Waals surface area (Å²) in [5, 5.41) is 24.4. The maximum Gasteiger partial charge on any atom is 0.288 e. The summed E-state index contributed by atoms with van der Waals surface area (Å²) in [5.41, 5.74) is 0.0798. The summed E-state index contributed by atoms with van der Waals surface area (Å²) in [6.07, 6.45) is 0. The lowest BCUT2D eigenvalue weighted by Crippen LogP contribution is -2.24. The van der Waals surface area contributed by atoms with Crippen LogP contribution >= 0.6 is 11.6 Å². The van der Waals surface area contributed by atoms with Gasteiger partial charge >= 0.3 is 0 Å². The molecule has 26 heavy (non-hydrogen) atoms. The first-order valence-corrected chi connectivity index (χ1v) is 7.59. The zero-order chi connectivity index (χ0) is 18.7. The Kier molecular flexibility index (Phi) is 4.85. The van der Waals surface area contributed by atoms with Gasteiger partial charge in [-0.1, -0.05) is 17.7 Å². The minimum absolute atomic E-state index is 0.0610.